The second-order valence-corrected chi connectivity index (χ2v) is 5.29. The van der Waals surface area contributed by atoms with Crippen LogP contribution in [-0.4, -0.2) is 46.8 Å². The van der Waals surface area contributed by atoms with Crippen LogP contribution in [0.15, 0.2) is 42.7 Å². The molecule has 0 spiro atoms. The summed E-state index contributed by atoms with van der Waals surface area (Å²) in [6.07, 6.45) is 3.76. The van der Waals surface area contributed by atoms with Gasteiger partial charge in [0.15, 0.2) is 0 Å². The standard InChI is InChI=1S/C17H21N5O2/c1-19-17-20-11-14(12-21-17)16(24)22(10-8-15(18)23)9-7-13-5-3-2-4-6-13/h2-6,11-12H,7-10H2,1H3,(H2,18,23)(H,19,20,21). The third-order valence-corrected chi connectivity index (χ3v) is 3.55. The van der Waals surface area contributed by atoms with Crippen LogP contribution in [0, 0.1) is 0 Å². The highest BCUT2D eigenvalue weighted by atomic mass is 16.2. The van der Waals surface area contributed by atoms with Crippen molar-refractivity contribution in [1.82, 2.24) is 14.9 Å². The van der Waals surface area contributed by atoms with Crippen LogP contribution >= 0.6 is 0 Å². The van der Waals surface area contributed by atoms with Crippen LogP contribution in [0.2, 0.25) is 0 Å². The Morgan fingerprint density at radius 3 is 2.38 bits per heavy atom. The number of nitrogens with zero attached hydrogens (tertiary/aromatic N) is 3. The zero-order valence-corrected chi connectivity index (χ0v) is 13.6. The molecule has 24 heavy (non-hydrogen) atoms. The number of benzene rings is 1. The van der Waals surface area contributed by atoms with E-state index in [-0.39, 0.29) is 18.9 Å². The maximum atomic E-state index is 12.7. The molecule has 0 saturated heterocycles. The quantitative estimate of drug-likeness (QED) is 0.755. The predicted molar refractivity (Wildman–Crippen MR) is 91.4 cm³/mol. The number of hydrogen-bond donors (Lipinski definition) is 2. The average molecular weight is 327 g/mol. The van der Waals surface area contributed by atoms with Crippen LogP contribution in [0.25, 0.3) is 0 Å². The van der Waals surface area contributed by atoms with Crippen molar-refractivity contribution in [2.75, 3.05) is 25.5 Å². The Morgan fingerprint density at radius 2 is 1.79 bits per heavy atom. The van der Waals surface area contributed by atoms with E-state index >= 15 is 0 Å². The fourth-order valence-electron chi connectivity index (χ4n) is 2.22. The summed E-state index contributed by atoms with van der Waals surface area (Å²) < 4.78 is 0. The van der Waals surface area contributed by atoms with E-state index in [0.29, 0.717) is 24.5 Å². The first-order valence-electron chi connectivity index (χ1n) is 7.71. The number of nitrogens with one attached hydrogen (secondary N) is 1. The normalized spacial score (nSPS) is 10.2. The van der Waals surface area contributed by atoms with Gasteiger partial charge in [0, 0.05) is 39.0 Å². The van der Waals surface area contributed by atoms with Crippen LogP contribution < -0.4 is 11.1 Å². The largest absolute Gasteiger partial charge is 0.370 e. The van der Waals surface area contributed by atoms with Gasteiger partial charge in [0.05, 0.1) is 5.56 Å². The van der Waals surface area contributed by atoms with Gasteiger partial charge in [0.25, 0.3) is 5.91 Å². The number of nitrogens with two attached hydrogens (primary N) is 1. The molecule has 0 saturated carbocycles. The van der Waals surface area contributed by atoms with Gasteiger partial charge in [0.1, 0.15) is 0 Å². The molecule has 0 unspecified atom stereocenters. The second kappa shape index (κ2) is 8.61. The Morgan fingerprint density at radius 1 is 1.12 bits per heavy atom. The highest BCUT2D eigenvalue weighted by Gasteiger charge is 2.17. The molecule has 3 N–H and O–H groups in total. The van der Waals surface area contributed by atoms with E-state index < -0.39 is 5.91 Å². The molecule has 7 nitrogen and oxygen atoms in total. The van der Waals surface area contributed by atoms with Gasteiger partial charge in [-0.3, -0.25) is 9.59 Å². The molecular weight excluding hydrogens is 306 g/mol. The number of rotatable bonds is 8. The number of aromatic nitrogens is 2. The van der Waals surface area contributed by atoms with Gasteiger partial charge in [-0.25, -0.2) is 9.97 Å². The molecule has 2 aromatic rings. The molecule has 2 rings (SSSR count). The molecule has 2 amide bonds. The summed E-state index contributed by atoms with van der Waals surface area (Å²) in [4.78, 5) is 33.4. The van der Waals surface area contributed by atoms with Crippen molar-refractivity contribution in [1.29, 1.82) is 0 Å². The molecule has 1 heterocycles. The fraction of sp³-hybridized carbons (Fsp3) is 0.294. The lowest BCUT2D eigenvalue weighted by Gasteiger charge is -2.22. The van der Waals surface area contributed by atoms with E-state index in [1.54, 1.807) is 11.9 Å². The Hall–Kier alpha value is -2.96. The topological polar surface area (TPSA) is 101 Å². The summed E-state index contributed by atoms with van der Waals surface area (Å²) in [6.45, 7) is 0.763. The first kappa shape index (κ1) is 17.4. The molecule has 0 aliphatic heterocycles. The molecule has 1 aromatic heterocycles. The van der Waals surface area contributed by atoms with Gasteiger partial charge < -0.3 is 16.0 Å². The maximum Gasteiger partial charge on any atom is 0.257 e. The lowest BCUT2D eigenvalue weighted by Crippen LogP contribution is -2.35. The molecule has 0 bridgehead atoms. The molecule has 0 aliphatic rings. The smallest absolute Gasteiger partial charge is 0.257 e. The molecule has 0 atom stereocenters. The predicted octanol–water partition coefficient (Wildman–Crippen LogP) is 1.08. The summed E-state index contributed by atoms with van der Waals surface area (Å²) in [5.74, 6) is -0.205. The minimum Gasteiger partial charge on any atom is -0.370 e. The fourth-order valence-corrected chi connectivity index (χ4v) is 2.22. The van der Waals surface area contributed by atoms with Crippen molar-refractivity contribution < 1.29 is 9.59 Å². The van der Waals surface area contributed by atoms with Gasteiger partial charge in [0.2, 0.25) is 11.9 Å². The molecule has 126 valence electrons. The Balaban J connectivity index is 2.08. The third kappa shape index (κ3) is 5.05. The highest BCUT2D eigenvalue weighted by molar-refractivity contribution is 5.94. The van der Waals surface area contributed by atoms with Crippen LogP contribution in [-0.2, 0) is 11.2 Å². The average Bonchev–Trinajstić information content (AvgIpc) is 2.62. The van der Waals surface area contributed by atoms with Crippen LogP contribution in [0.4, 0.5) is 5.95 Å². The lowest BCUT2D eigenvalue weighted by molar-refractivity contribution is -0.118. The lowest BCUT2D eigenvalue weighted by atomic mass is 10.1. The van der Waals surface area contributed by atoms with Gasteiger partial charge in [-0.2, -0.15) is 0 Å². The van der Waals surface area contributed by atoms with E-state index in [1.165, 1.54) is 12.4 Å². The molecule has 0 aliphatic carbocycles. The molecule has 1 aromatic carbocycles. The summed E-state index contributed by atoms with van der Waals surface area (Å²) in [5, 5.41) is 2.80. The number of carbonyl (C=O) groups is 2. The first-order valence-corrected chi connectivity index (χ1v) is 7.71. The Kier molecular flexibility index (Phi) is 6.24. The Bertz CT molecular complexity index is 673. The van der Waals surface area contributed by atoms with Gasteiger partial charge in [-0.05, 0) is 12.0 Å². The third-order valence-electron chi connectivity index (χ3n) is 3.55. The highest BCUT2D eigenvalue weighted by Crippen LogP contribution is 2.08. The second-order valence-electron chi connectivity index (χ2n) is 5.29. The summed E-state index contributed by atoms with van der Waals surface area (Å²) in [6, 6.07) is 9.85. The minimum atomic E-state index is -0.436. The van der Waals surface area contributed by atoms with Crippen molar-refractivity contribution >= 4 is 17.8 Å². The molecule has 0 radical (unpaired) electrons. The van der Waals surface area contributed by atoms with Crippen molar-refractivity contribution in [2.24, 2.45) is 5.73 Å². The van der Waals surface area contributed by atoms with E-state index in [0.717, 1.165) is 5.56 Å². The van der Waals surface area contributed by atoms with E-state index in [4.69, 9.17) is 5.73 Å². The van der Waals surface area contributed by atoms with Crippen LogP contribution in [0.1, 0.15) is 22.3 Å². The van der Waals surface area contributed by atoms with Crippen molar-refractivity contribution in [3.63, 3.8) is 0 Å². The molecule has 7 heteroatoms. The van der Waals surface area contributed by atoms with Gasteiger partial charge >= 0.3 is 0 Å². The summed E-state index contributed by atoms with van der Waals surface area (Å²) in [5.41, 5.74) is 6.72. The van der Waals surface area contributed by atoms with E-state index in [1.807, 2.05) is 30.3 Å². The first-order chi connectivity index (χ1) is 11.6. The maximum absolute atomic E-state index is 12.7. The molecular formula is C17H21N5O2. The number of hydrogen-bond acceptors (Lipinski definition) is 5. The van der Waals surface area contributed by atoms with Crippen molar-refractivity contribution in [2.45, 2.75) is 12.8 Å². The van der Waals surface area contributed by atoms with Gasteiger partial charge in [-0.15, -0.1) is 0 Å². The van der Waals surface area contributed by atoms with E-state index in [9.17, 15) is 9.59 Å². The summed E-state index contributed by atoms with van der Waals surface area (Å²) in [7, 11) is 1.70. The number of anilines is 1. The van der Waals surface area contributed by atoms with Crippen LogP contribution in [0.5, 0.6) is 0 Å². The number of amides is 2. The Labute approximate surface area is 140 Å². The van der Waals surface area contributed by atoms with Crippen molar-refractivity contribution in [3.8, 4) is 0 Å². The zero-order valence-electron chi connectivity index (χ0n) is 13.6. The minimum absolute atomic E-state index is 0.121. The van der Waals surface area contributed by atoms with Gasteiger partial charge in [-0.1, -0.05) is 30.3 Å². The number of primary amides is 1. The summed E-state index contributed by atoms with van der Waals surface area (Å²) >= 11 is 0. The molecule has 0 fully saturated rings. The van der Waals surface area contributed by atoms with Crippen molar-refractivity contribution in [3.05, 3.63) is 53.9 Å². The zero-order chi connectivity index (χ0) is 17.4. The number of carbonyl (C=O) groups excluding carboxylic acids is 2. The van der Waals surface area contributed by atoms with E-state index in [2.05, 4.69) is 15.3 Å². The SMILES string of the molecule is CNc1ncc(C(=O)N(CCC(N)=O)CCc2ccccc2)cn1. The van der Waals surface area contributed by atoms with Crippen LogP contribution in [0.3, 0.4) is 0 Å². The monoisotopic (exact) mass is 327 g/mol.